The van der Waals surface area contributed by atoms with Gasteiger partial charge in [0.2, 0.25) is 5.91 Å². The molecule has 0 radical (unpaired) electrons. The Balaban J connectivity index is 1.33. The minimum absolute atomic E-state index is 0.145. The number of imidazole rings is 1. The van der Waals surface area contributed by atoms with E-state index in [0.29, 0.717) is 22.7 Å². The SMILES string of the molecule is COc1ccc(C[C@@H](NC(=O)NSc2ccccc2)C(=O)N[C@H]2[C@H](O)[C@H](n3cnc4c(N(C)C)ncnc43)O[C@H]2CO)cc1. The molecule has 3 heterocycles. The topological polar surface area (TPSA) is 176 Å². The normalized spacial score (nSPS) is 20.2. The number of methoxy groups -OCH3 is 1. The van der Waals surface area contributed by atoms with Crippen molar-refractivity contribution in [2.75, 3.05) is 32.7 Å². The number of benzene rings is 2. The molecule has 5 atom stereocenters. The van der Waals surface area contributed by atoms with Gasteiger partial charge in [0, 0.05) is 25.4 Å². The fraction of sp³-hybridized carbons (Fsp3) is 0.345. The summed E-state index contributed by atoms with van der Waals surface area (Å²) in [7, 11) is 5.21. The van der Waals surface area contributed by atoms with Gasteiger partial charge in [-0.3, -0.25) is 14.1 Å². The fourth-order valence-corrected chi connectivity index (χ4v) is 5.48. The zero-order chi connectivity index (χ0) is 31.2. The number of anilines is 1. The van der Waals surface area contributed by atoms with Crippen LogP contribution in [-0.2, 0) is 16.0 Å². The maximum atomic E-state index is 13.7. The summed E-state index contributed by atoms with van der Waals surface area (Å²) in [5.41, 5.74) is 1.69. The summed E-state index contributed by atoms with van der Waals surface area (Å²) < 4.78 is 15.5. The first kappa shape index (κ1) is 31.0. The summed E-state index contributed by atoms with van der Waals surface area (Å²) in [4.78, 5) is 42.1. The number of nitrogens with one attached hydrogen (secondary N) is 3. The van der Waals surface area contributed by atoms with Gasteiger partial charge in [-0.15, -0.1) is 0 Å². The van der Waals surface area contributed by atoms with E-state index < -0.39 is 49.1 Å². The molecule has 0 bridgehead atoms. The molecule has 232 valence electrons. The van der Waals surface area contributed by atoms with Crippen LogP contribution in [0.15, 0.2) is 72.1 Å². The average molecular weight is 623 g/mol. The lowest BCUT2D eigenvalue weighted by Crippen LogP contribution is -2.56. The second kappa shape index (κ2) is 13.9. The van der Waals surface area contributed by atoms with Gasteiger partial charge in [-0.1, -0.05) is 30.3 Å². The van der Waals surface area contributed by atoms with E-state index in [-0.39, 0.29) is 6.42 Å². The van der Waals surface area contributed by atoms with Gasteiger partial charge in [-0.05, 0) is 41.8 Å². The lowest BCUT2D eigenvalue weighted by molar-refractivity contribution is -0.124. The summed E-state index contributed by atoms with van der Waals surface area (Å²) in [5.74, 6) is 0.666. The molecule has 0 aliphatic carbocycles. The Morgan fingerprint density at radius 1 is 1.11 bits per heavy atom. The number of rotatable bonds is 11. The second-order valence-electron chi connectivity index (χ2n) is 10.3. The van der Waals surface area contributed by atoms with Gasteiger partial charge in [-0.2, -0.15) is 0 Å². The Bertz CT molecular complexity index is 1570. The van der Waals surface area contributed by atoms with Crippen LogP contribution in [0, 0.1) is 0 Å². The van der Waals surface area contributed by atoms with E-state index in [2.05, 4.69) is 30.3 Å². The van der Waals surface area contributed by atoms with Crippen molar-refractivity contribution in [1.29, 1.82) is 0 Å². The third-order valence-corrected chi connectivity index (χ3v) is 7.92. The highest BCUT2D eigenvalue weighted by Crippen LogP contribution is 2.32. The van der Waals surface area contributed by atoms with Crippen molar-refractivity contribution in [2.24, 2.45) is 0 Å². The Kier molecular flexibility index (Phi) is 9.79. The molecule has 5 rings (SSSR count). The van der Waals surface area contributed by atoms with Gasteiger partial charge in [-0.25, -0.2) is 19.7 Å². The number of hydrogen-bond donors (Lipinski definition) is 5. The van der Waals surface area contributed by atoms with Crippen molar-refractivity contribution >= 4 is 40.9 Å². The number of aliphatic hydroxyl groups excluding tert-OH is 2. The summed E-state index contributed by atoms with van der Waals surface area (Å²) in [5, 5.41) is 27.0. The first-order valence-electron chi connectivity index (χ1n) is 13.8. The van der Waals surface area contributed by atoms with Crippen molar-refractivity contribution in [3.8, 4) is 5.75 Å². The van der Waals surface area contributed by atoms with E-state index in [1.54, 1.807) is 40.8 Å². The number of nitrogens with zero attached hydrogens (tertiary/aromatic N) is 5. The van der Waals surface area contributed by atoms with Crippen LogP contribution in [-0.4, -0.2) is 93.8 Å². The molecule has 2 aromatic carbocycles. The number of ether oxygens (including phenoxy) is 2. The highest BCUT2D eigenvalue weighted by atomic mass is 32.2. The molecule has 14 nitrogen and oxygen atoms in total. The quantitative estimate of drug-likeness (QED) is 0.152. The van der Waals surface area contributed by atoms with Crippen LogP contribution in [0.2, 0.25) is 0 Å². The van der Waals surface area contributed by atoms with Crippen molar-refractivity contribution in [3.63, 3.8) is 0 Å². The smallest absolute Gasteiger partial charge is 0.325 e. The predicted octanol–water partition coefficient (Wildman–Crippen LogP) is 1.25. The standard InChI is InChI=1S/C29H34N8O6S/c1-36(2)25-23-26(31-15-30-25)37(16-32-23)28-24(39)22(21(14-38)43-28)34-27(40)20(13-17-9-11-18(42-3)12-10-17)33-29(41)35-44-19-7-5-4-6-8-19/h4-12,15-16,20-22,24,28,38-39H,13-14H2,1-3H3,(H,34,40)(H2,33,35,41)/t20-,21+,22-,24+,28-/m1/s1. The molecule has 0 spiro atoms. The number of carbonyl (C=O) groups excluding carboxylic acids is 2. The zero-order valence-electron chi connectivity index (χ0n) is 24.3. The first-order chi connectivity index (χ1) is 21.3. The maximum Gasteiger partial charge on any atom is 0.325 e. The van der Waals surface area contributed by atoms with Gasteiger partial charge in [0.25, 0.3) is 0 Å². The van der Waals surface area contributed by atoms with Crippen LogP contribution >= 0.6 is 11.9 Å². The molecule has 15 heteroatoms. The molecule has 1 aliphatic rings. The van der Waals surface area contributed by atoms with Gasteiger partial charge in [0.1, 0.15) is 30.3 Å². The number of hydrogen-bond acceptors (Lipinski definition) is 11. The lowest BCUT2D eigenvalue weighted by atomic mass is 10.0. The first-order valence-corrected chi connectivity index (χ1v) is 14.6. The lowest BCUT2D eigenvalue weighted by Gasteiger charge is -2.25. The van der Waals surface area contributed by atoms with Gasteiger partial charge >= 0.3 is 6.03 Å². The summed E-state index contributed by atoms with van der Waals surface area (Å²) in [6.45, 7) is -0.478. The van der Waals surface area contributed by atoms with Crippen molar-refractivity contribution in [2.45, 2.75) is 41.8 Å². The summed E-state index contributed by atoms with van der Waals surface area (Å²) in [6.07, 6.45) is -0.234. The predicted molar refractivity (Wildman–Crippen MR) is 163 cm³/mol. The van der Waals surface area contributed by atoms with Crippen molar-refractivity contribution in [3.05, 3.63) is 72.8 Å². The van der Waals surface area contributed by atoms with Crippen LogP contribution in [0.25, 0.3) is 11.2 Å². The number of amides is 3. The molecule has 44 heavy (non-hydrogen) atoms. The second-order valence-corrected chi connectivity index (χ2v) is 11.2. The molecule has 1 aliphatic heterocycles. The van der Waals surface area contributed by atoms with E-state index in [1.807, 2.05) is 44.4 Å². The van der Waals surface area contributed by atoms with E-state index in [9.17, 15) is 19.8 Å². The molecular formula is C29H34N8O6S. The molecule has 2 aromatic heterocycles. The Morgan fingerprint density at radius 3 is 2.55 bits per heavy atom. The van der Waals surface area contributed by atoms with Crippen LogP contribution < -0.4 is 25.0 Å². The molecule has 0 unspecified atom stereocenters. The number of urea groups is 1. The maximum absolute atomic E-state index is 13.7. The number of fused-ring (bicyclic) bond motifs is 1. The van der Waals surface area contributed by atoms with Crippen LogP contribution in [0.1, 0.15) is 11.8 Å². The molecule has 0 saturated carbocycles. The molecule has 5 N–H and O–H groups in total. The molecule has 3 amide bonds. The van der Waals surface area contributed by atoms with Crippen LogP contribution in [0.3, 0.4) is 0 Å². The third-order valence-electron chi connectivity index (χ3n) is 7.13. The number of carbonyl (C=O) groups is 2. The van der Waals surface area contributed by atoms with Gasteiger partial charge in [0.05, 0.1) is 26.1 Å². The third kappa shape index (κ3) is 6.86. The molecule has 4 aromatic rings. The fourth-order valence-electron chi connectivity index (χ4n) is 4.91. The summed E-state index contributed by atoms with van der Waals surface area (Å²) >= 11 is 1.11. The van der Waals surface area contributed by atoms with E-state index in [1.165, 1.54) is 12.7 Å². The van der Waals surface area contributed by atoms with Crippen molar-refractivity contribution < 1.29 is 29.3 Å². The van der Waals surface area contributed by atoms with Crippen molar-refractivity contribution in [1.82, 2.24) is 34.9 Å². The zero-order valence-corrected chi connectivity index (χ0v) is 25.1. The van der Waals surface area contributed by atoms with E-state index >= 15 is 0 Å². The van der Waals surface area contributed by atoms with Crippen LogP contribution in [0.5, 0.6) is 5.75 Å². The van der Waals surface area contributed by atoms with E-state index in [4.69, 9.17) is 9.47 Å². The molecule has 1 fully saturated rings. The Labute approximate surface area is 257 Å². The van der Waals surface area contributed by atoms with Gasteiger partial charge in [0.15, 0.2) is 23.2 Å². The highest BCUT2D eigenvalue weighted by molar-refractivity contribution is 7.98. The molecule has 1 saturated heterocycles. The monoisotopic (exact) mass is 622 g/mol. The summed E-state index contributed by atoms with van der Waals surface area (Å²) in [6, 6.07) is 13.8. The number of aromatic nitrogens is 4. The Hall–Kier alpha value is -4.44. The minimum atomic E-state index is -1.28. The largest absolute Gasteiger partial charge is 0.497 e. The highest BCUT2D eigenvalue weighted by Gasteiger charge is 2.46. The molecular weight excluding hydrogens is 588 g/mol. The van der Waals surface area contributed by atoms with Crippen LogP contribution in [0.4, 0.5) is 10.6 Å². The van der Waals surface area contributed by atoms with E-state index in [0.717, 1.165) is 22.4 Å². The average Bonchev–Trinajstić information content (AvgIpc) is 3.60. The van der Waals surface area contributed by atoms with Gasteiger partial charge < -0.3 is 35.2 Å². The number of aliphatic hydroxyl groups is 2. The Morgan fingerprint density at radius 2 is 1.86 bits per heavy atom. The minimum Gasteiger partial charge on any atom is -0.497 e.